The molecule has 0 saturated carbocycles. The van der Waals surface area contributed by atoms with Crippen LogP contribution in [0.1, 0.15) is 6.42 Å². The van der Waals surface area contributed by atoms with Crippen molar-refractivity contribution in [1.29, 1.82) is 0 Å². The van der Waals surface area contributed by atoms with Crippen LogP contribution in [0.4, 0.5) is 8.78 Å². The monoisotopic (exact) mass is 191 g/mol. The first-order valence-electron chi connectivity index (χ1n) is 3.92. The Morgan fingerprint density at radius 3 is 2.62 bits per heavy atom. The van der Waals surface area contributed by atoms with E-state index in [0.717, 1.165) is 0 Å². The van der Waals surface area contributed by atoms with Gasteiger partial charge >= 0.3 is 5.97 Å². The van der Waals surface area contributed by atoms with Crippen molar-refractivity contribution in [2.24, 2.45) is 5.41 Å². The highest BCUT2D eigenvalue weighted by atomic mass is 19.3. The molecule has 1 fully saturated rings. The molecule has 0 aromatic rings. The van der Waals surface area contributed by atoms with E-state index in [4.69, 9.17) is 5.11 Å². The van der Waals surface area contributed by atoms with E-state index in [2.05, 4.69) is 11.9 Å². The molecular formula is C8H11F2NO2. The summed E-state index contributed by atoms with van der Waals surface area (Å²) in [7, 11) is 0. The Bertz CT molecular complexity index is 234. The lowest BCUT2D eigenvalue weighted by atomic mass is 9.80. The molecule has 0 spiro atoms. The number of hydrogen-bond donors (Lipinski definition) is 2. The first kappa shape index (κ1) is 10.1. The van der Waals surface area contributed by atoms with Crippen LogP contribution in [0.25, 0.3) is 0 Å². The molecule has 1 heterocycles. The number of halogens is 2. The Morgan fingerprint density at radius 2 is 2.31 bits per heavy atom. The van der Waals surface area contributed by atoms with Crippen molar-refractivity contribution in [1.82, 2.24) is 5.32 Å². The Morgan fingerprint density at radius 1 is 1.69 bits per heavy atom. The normalized spacial score (nSPS) is 28.8. The van der Waals surface area contributed by atoms with E-state index in [-0.39, 0.29) is 13.0 Å². The maximum absolute atomic E-state index is 13.2. The Labute approximate surface area is 74.4 Å². The number of nitrogens with one attached hydrogen (secondary N) is 1. The summed E-state index contributed by atoms with van der Waals surface area (Å²) in [5.41, 5.74) is -2.01. The molecule has 3 nitrogen and oxygen atoms in total. The van der Waals surface area contributed by atoms with Crippen molar-refractivity contribution in [2.45, 2.75) is 12.3 Å². The van der Waals surface area contributed by atoms with Crippen molar-refractivity contribution >= 4 is 5.97 Å². The lowest BCUT2D eigenvalue weighted by molar-refractivity contribution is -0.166. The molecule has 13 heavy (non-hydrogen) atoms. The lowest BCUT2D eigenvalue weighted by Gasteiger charge is -2.29. The fraction of sp³-hybridized carbons (Fsp3) is 0.625. The number of carboxylic acids is 1. The number of aliphatic carboxylic acids is 1. The third-order valence-corrected chi connectivity index (χ3v) is 2.46. The molecule has 0 radical (unpaired) electrons. The smallest absolute Gasteiger partial charge is 0.317 e. The van der Waals surface area contributed by atoms with Crippen molar-refractivity contribution in [3.05, 3.63) is 12.7 Å². The molecule has 1 aliphatic heterocycles. The van der Waals surface area contributed by atoms with Gasteiger partial charge in [0.25, 0.3) is 5.92 Å². The van der Waals surface area contributed by atoms with Crippen molar-refractivity contribution in [3.63, 3.8) is 0 Å². The minimum absolute atomic E-state index is 0.0681. The van der Waals surface area contributed by atoms with Crippen molar-refractivity contribution in [3.8, 4) is 0 Å². The number of alkyl halides is 2. The Hall–Kier alpha value is -0.970. The molecule has 1 rings (SSSR count). The van der Waals surface area contributed by atoms with Crippen LogP contribution < -0.4 is 5.32 Å². The first-order chi connectivity index (χ1) is 5.96. The van der Waals surface area contributed by atoms with Crippen LogP contribution in [0.3, 0.4) is 0 Å². The zero-order chi connectivity index (χ0) is 10.1. The van der Waals surface area contributed by atoms with Gasteiger partial charge in [-0.2, -0.15) is 0 Å². The number of rotatable bonds is 3. The van der Waals surface area contributed by atoms with Gasteiger partial charge in [0.1, 0.15) is 5.41 Å². The minimum Gasteiger partial charge on any atom is -0.481 e. The maximum atomic E-state index is 13.2. The van der Waals surface area contributed by atoms with Crippen molar-refractivity contribution < 1.29 is 18.7 Å². The predicted molar refractivity (Wildman–Crippen MR) is 42.7 cm³/mol. The third-order valence-electron chi connectivity index (χ3n) is 2.46. The van der Waals surface area contributed by atoms with Gasteiger partial charge in [0.15, 0.2) is 0 Å². The Balaban J connectivity index is 3.04. The van der Waals surface area contributed by atoms with E-state index in [9.17, 15) is 13.6 Å². The van der Waals surface area contributed by atoms with Crippen LogP contribution >= 0.6 is 0 Å². The molecule has 1 unspecified atom stereocenters. The van der Waals surface area contributed by atoms with Gasteiger partial charge in [-0.05, 0) is 19.0 Å². The van der Waals surface area contributed by atoms with E-state index in [1.165, 1.54) is 0 Å². The molecule has 0 aliphatic carbocycles. The minimum atomic E-state index is -3.36. The standard InChI is InChI=1S/C8H11F2NO2/c1-2-8(9,10)7(6(12)13)3-4-11-5-7/h2,11H,1,3-5H2,(H,12,13). The first-order valence-corrected chi connectivity index (χ1v) is 3.92. The summed E-state index contributed by atoms with van der Waals surface area (Å²) < 4.78 is 26.4. The van der Waals surface area contributed by atoms with Crippen LogP contribution in [-0.2, 0) is 4.79 Å². The third kappa shape index (κ3) is 1.33. The fourth-order valence-corrected chi connectivity index (χ4v) is 1.50. The molecule has 0 amide bonds. The molecule has 1 atom stereocenters. The highest BCUT2D eigenvalue weighted by Crippen LogP contribution is 2.42. The summed E-state index contributed by atoms with van der Waals surface area (Å²) >= 11 is 0. The molecule has 74 valence electrons. The largest absolute Gasteiger partial charge is 0.481 e. The maximum Gasteiger partial charge on any atom is 0.317 e. The second kappa shape index (κ2) is 3.06. The van der Waals surface area contributed by atoms with Crippen LogP contribution in [0.2, 0.25) is 0 Å². The summed E-state index contributed by atoms with van der Waals surface area (Å²) in [6.07, 6.45) is 0.343. The van der Waals surface area contributed by atoms with Gasteiger partial charge in [-0.25, -0.2) is 8.78 Å². The molecule has 1 saturated heterocycles. The van der Waals surface area contributed by atoms with Gasteiger partial charge in [-0.1, -0.05) is 6.58 Å². The van der Waals surface area contributed by atoms with Crippen molar-refractivity contribution in [2.75, 3.05) is 13.1 Å². The summed E-state index contributed by atoms with van der Waals surface area (Å²) in [5, 5.41) is 11.4. The quantitative estimate of drug-likeness (QED) is 0.651. The highest BCUT2D eigenvalue weighted by molar-refractivity contribution is 5.77. The van der Waals surface area contributed by atoms with Crippen LogP contribution in [0, 0.1) is 5.41 Å². The SMILES string of the molecule is C=CC(F)(F)C1(C(=O)O)CCNC1. The number of allylic oxidation sites excluding steroid dienone is 1. The number of carboxylic acid groups (broad SMARTS) is 1. The van der Waals surface area contributed by atoms with Gasteiger partial charge in [0.05, 0.1) is 0 Å². The molecule has 0 aromatic heterocycles. The second-order valence-electron chi connectivity index (χ2n) is 3.14. The summed E-state index contributed by atoms with van der Waals surface area (Å²) in [4.78, 5) is 10.8. The molecule has 2 N–H and O–H groups in total. The van der Waals surface area contributed by atoms with Crippen LogP contribution in [0.15, 0.2) is 12.7 Å². The van der Waals surface area contributed by atoms with E-state index >= 15 is 0 Å². The van der Waals surface area contributed by atoms with E-state index < -0.39 is 17.3 Å². The highest BCUT2D eigenvalue weighted by Gasteiger charge is 2.58. The van der Waals surface area contributed by atoms with Gasteiger partial charge in [-0.15, -0.1) is 0 Å². The van der Waals surface area contributed by atoms with Gasteiger partial charge < -0.3 is 10.4 Å². The van der Waals surface area contributed by atoms with E-state index in [1.54, 1.807) is 0 Å². The lowest BCUT2D eigenvalue weighted by Crippen LogP contribution is -2.48. The summed E-state index contributed by atoms with van der Waals surface area (Å²) in [5.74, 6) is -4.83. The molecular weight excluding hydrogens is 180 g/mol. The van der Waals surface area contributed by atoms with E-state index in [1.807, 2.05) is 0 Å². The summed E-state index contributed by atoms with van der Waals surface area (Å²) in [6.45, 7) is 3.06. The van der Waals surface area contributed by atoms with Gasteiger partial charge in [0, 0.05) is 6.54 Å². The Kier molecular flexibility index (Phi) is 2.38. The second-order valence-corrected chi connectivity index (χ2v) is 3.14. The fourth-order valence-electron chi connectivity index (χ4n) is 1.50. The average Bonchev–Trinajstić information content (AvgIpc) is 2.53. The van der Waals surface area contributed by atoms with E-state index in [0.29, 0.717) is 12.6 Å². The molecule has 5 heteroatoms. The summed E-state index contributed by atoms with van der Waals surface area (Å²) in [6, 6.07) is 0. The topological polar surface area (TPSA) is 49.3 Å². The number of hydrogen-bond acceptors (Lipinski definition) is 2. The molecule has 0 aromatic carbocycles. The average molecular weight is 191 g/mol. The zero-order valence-corrected chi connectivity index (χ0v) is 7.02. The van der Waals surface area contributed by atoms with Crippen LogP contribution in [0.5, 0.6) is 0 Å². The van der Waals surface area contributed by atoms with Gasteiger partial charge in [-0.3, -0.25) is 4.79 Å². The number of carbonyl (C=O) groups is 1. The molecule has 1 aliphatic rings. The zero-order valence-electron chi connectivity index (χ0n) is 7.02. The van der Waals surface area contributed by atoms with Crippen LogP contribution in [-0.4, -0.2) is 30.1 Å². The predicted octanol–water partition coefficient (Wildman–Crippen LogP) is 0.872. The van der Waals surface area contributed by atoms with Gasteiger partial charge in [0.2, 0.25) is 0 Å². The molecule has 0 bridgehead atoms.